The summed E-state index contributed by atoms with van der Waals surface area (Å²) in [6.45, 7) is 0.135. The maximum absolute atomic E-state index is 12.2. The average molecular weight is 405 g/mol. The van der Waals surface area contributed by atoms with E-state index < -0.39 is 11.9 Å². The number of para-hydroxylation sites is 2. The van der Waals surface area contributed by atoms with Crippen LogP contribution < -0.4 is 9.47 Å². The van der Waals surface area contributed by atoms with Crippen LogP contribution in [-0.2, 0) is 14.3 Å². The SMILES string of the molecule is COCC(C(=O)OC)c1ccccc1Oc1cc(Oc2ccccc2C#N)ncn1. The zero-order valence-corrected chi connectivity index (χ0v) is 16.4. The Morgan fingerprint density at radius 2 is 1.63 bits per heavy atom. The summed E-state index contributed by atoms with van der Waals surface area (Å²) in [6.07, 6.45) is 1.29. The molecule has 0 saturated heterocycles. The standard InChI is InChI=1S/C22H19N3O5/c1-27-13-17(22(26)28-2)16-8-4-6-10-19(16)30-21-11-20(24-14-25-21)29-18-9-5-3-7-15(18)12-23/h3-11,14,17H,13H2,1-2H3. The van der Waals surface area contributed by atoms with Gasteiger partial charge in [-0.25, -0.2) is 9.97 Å². The molecule has 8 heteroatoms. The van der Waals surface area contributed by atoms with Gasteiger partial charge in [0.15, 0.2) is 0 Å². The van der Waals surface area contributed by atoms with Gasteiger partial charge in [0.25, 0.3) is 0 Å². The third kappa shape index (κ3) is 4.90. The Morgan fingerprint density at radius 3 is 2.30 bits per heavy atom. The molecule has 1 unspecified atom stereocenters. The van der Waals surface area contributed by atoms with Gasteiger partial charge in [-0.15, -0.1) is 0 Å². The maximum atomic E-state index is 12.2. The van der Waals surface area contributed by atoms with E-state index in [4.69, 9.17) is 18.9 Å². The quantitative estimate of drug-likeness (QED) is 0.521. The Morgan fingerprint density at radius 1 is 1.00 bits per heavy atom. The van der Waals surface area contributed by atoms with Crippen molar-refractivity contribution in [3.63, 3.8) is 0 Å². The van der Waals surface area contributed by atoms with Crippen LogP contribution in [0.4, 0.5) is 0 Å². The lowest BCUT2D eigenvalue weighted by atomic mass is 9.99. The van der Waals surface area contributed by atoms with Gasteiger partial charge in [-0.05, 0) is 18.2 Å². The molecule has 0 fully saturated rings. The van der Waals surface area contributed by atoms with E-state index in [1.165, 1.54) is 26.6 Å². The molecule has 1 atom stereocenters. The van der Waals surface area contributed by atoms with Crippen molar-refractivity contribution in [3.05, 3.63) is 72.1 Å². The molecule has 0 amide bonds. The number of nitriles is 1. The number of ether oxygens (including phenoxy) is 4. The van der Waals surface area contributed by atoms with Gasteiger partial charge in [0.2, 0.25) is 11.8 Å². The maximum Gasteiger partial charge on any atom is 0.315 e. The number of aromatic nitrogens is 2. The van der Waals surface area contributed by atoms with Gasteiger partial charge in [0.05, 0.1) is 25.3 Å². The number of hydrogen-bond acceptors (Lipinski definition) is 8. The summed E-state index contributed by atoms with van der Waals surface area (Å²) in [5.74, 6) is 0.122. The summed E-state index contributed by atoms with van der Waals surface area (Å²) in [4.78, 5) is 20.4. The van der Waals surface area contributed by atoms with Gasteiger partial charge in [-0.2, -0.15) is 5.26 Å². The summed E-state index contributed by atoms with van der Waals surface area (Å²) in [7, 11) is 2.83. The van der Waals surface area contributed by atoms with Crippen LogP contribution in [0.1, 0.15) is 17.0 Å². The highest BCUT2D eigenvalue weighted by Gasteiger charge is 2.25. The Hall–Kier alpha value is -3.96. The summed E-state index contributed by atoms with van der Waals surface area (Å²) in [5, 5.41) is 9.20. The predicted molar refractivity (Wildman–Crippen MR) is 106 cm³/mol. The lowest BCUT2D eigenvalue weighted by Crippen LogP contribution is -2.19. The highest BCUT2D eigenvalue weighted by molar-refractivity contribution is 5.79. The molecule has 1 heterocycles. The Kier molecular flexibility index (Phi) is 6.92. The van der Waals surface area contributed by atoms with Gasteiger partial charge in [0, 0.05) is 12.7 Å². The highest BCUT2D eigenvalue weighted by Crippen LogP contribution is 2.32. The van der Waals surface area contributed by atoms with Crippen molar-refractivity contribution in [3.8, 4) is 29.3 Å². The number of methoxy groups -OCH3 is 2. The first kappa shape index (κ1) is 20.8. The molecule has 0 saturated carbocycles. The molecule has 0 N–H and O–H groups in total. The molecule has 0 spiro atoms. The Balaban J connectivity index is 1.87. The largest absolute Gasteiger partial charge is 0.468 e. The molecule has 0 aliphatic carbocycles. The molecule has 2 aromatic carbocycles. The molecule has 3 rings (SSSR count). The summed E-state index contributed by atoms with van der Waals surface area (Å²) in [5.41, 5.74) is 0.978. The first-order valence-electron chi connectivity index (χ1n) is 8.98. The van der Waals surface area contributed by atoms with E-state index >= 15 is 0 Å². The number of nitrogens with zero attached hydrogens (tertiary/aromatic N) is 3. The van der Waals surface area contributed by atoms with Crippen LogP contribution in [0, 0.1) is 11.3 Å². The molecule has 30 heavy (non-hydrogen) atoms. The summed E-state index contributed by atoms with van der Waals surface area (Å²) in [6, 6.07) is 17.4. The van der Waals surface area contributed by atoms with Crippen LogP contribution in [0.15, 0.2) is 60.9 Å². The van der Waals surface area contributed by atoms with Crippen molar-refractivity contribution in [2.45, 2.75) is 5.92 Å². The van der Waals surface area contributed by atoms with Gasteiger partial charge in [-0.3, -0.25) is 4.79 Å². The van der Waals surface area contributed by atoms with E-state index in [9.17, 15) is 10.1 Å². The molecular weight excluding hydrogens is 386 g/mol. The minimum atomic E-state index is -0.656. The number of carbonyl (C=O) groups excluding carboxylic acids is 1. The molecule has 8 nitrogen and oxygen atoms in total. The minimum absolute atomic E-state index is 0.135. The Bertz CT molecular complexity index is 1060. The fraction of sp³-hybridized carbons (Fsp3) is 0.182. The lowest BCUT2D eigenvalue weighted by molar-refractivity contribution is -0.143. The van der Waals surface area contributed by atoms with Crippen molar-refractivity contribution in [1.29, 1.82) is 5.26 Å². The predicted octanol–water partition coefficient (Wildman–Crippen LogP) is 3.84. The van der Waals surface area contributed by atoms with Crippen LogP contribution >= 0.6 is 0 Å². The smallest absolute Gasteiger partial charge is 0.315 e. The summed E-state index contributed by atoms with van der Waals surface area (Å²) < 4.78 is 21.7. The van der Waals surface area contributed by atoms with Gasteiger partial charge in [-0.1, -0.05) is 30.3 Å². The summed E-state index contributed by atoms with van der Waals surface area (Å²) >= 11 is 0. The highest BCUT2D eigenvalue weighted by atomic mass is 16.5. The molecule has 0 aliphatic heterocycles. The zero-order chi connectivity index (χ0) is 21.3. The van der Waals surface area contributed by atoms with Crippen LogP contribution in [-0.4, -0.2) is 36.8 Å². The van der Waals surface area contributed by atoms with Crippen LogP contribution in [0.2, 0.25) is 0 Å². The van der Waals surface area contributed by atoms with E-state index in [-0.39, 0.29) is 18.4 Å². The first-order chi connectivity index (χ1) is 14.7. The number of rotatable bonds is 8. The van der Waals surface area contributed by atoms with Crippen molar-refractivity contribution in [2.75, 3.05) is 20.8 Å². The third-order valence-electron chi connectivity index (χ3n) is 4.17. The zero-order valence-electron chi connectivity index (χ0n) is 16.4. The van der Waals surface area contributed by atoms with Crippen LogP contribution in [0.5, 0.6) is 23.3 Å². The van der Waals surface area contributed by atoms with Crippen molar-refractivity contribution in [2.24, 2.45) is 0 Å². The topological polar surface area (TPSA) is 104 Å². The molecule has 3 aromatic rings. The molecule has 152 valence electrons. The second-order valence-corrected chi connectivity index (χ2v) is 6.08. The normalized spacial score (nSPS) is 11.2. The van der Waals surface area contributed by atoms with Crippen molar-refractivity contribution >= 4 is 5.97 Å². The second kappa shape index (κ2) is 10.0. The number of esters is 1. The van der Waals surface area contributed by atoms with Gasteiger partial charge in [0.1, 0.15) is 29.8 Å². The van der Waals surface area contributed by atoms with E-state index in [0.717, 1.165) is 0 Å². The van der Waals surface area contributed by atoms with Gasteiger partial charge < -0.3 is 18.9 Å². The van der Waals surface area contributed by atoms with Crippen LogP contribution in [0.3, 0.4) is 0 Å². The number of carbonyl (C=O) groups is 1. The third-order valence-corrected chi connectivity index (χ3v) is 4.17. The van der Waals surface area contributed by atoms with E-state index in [0.29, 0.717) is 22.6 Å². The minimum Gasteiger partial charge on any atom is -0.468 e. The van der Waals surface area contributed by atoms with E-state index in [1.807, 2.05) is 0 Å². The average Bonchev–Trinajstić information content (AvgIpc) is 2.78. The van der Waals surface area contributed by atoms with Gasteiger partial charge >= 0.3 is 5.97 Å². The van der Waals surface area contributed by atoms with Crippen LogP contribution in [0.25, 0.3) is 0 Å². The van der Waals surface area contributed by atoms with Crippen molar-refractivity contribution < 1.29 is 23.7 Å². The first-order valence-corrected chi connectivity index (χ1v) is 8.98. The Labute approximate surface area is 173 Å². The molecule has 0 aliphatic rings. The molecule has 0 radical (unpaired) electrons. The molecular formula is C22H19N3O5. The monoisotopic (exact) mass is 405 g/mol. The number of hydrogen-bond donors (Lipinski definition) is 0. The molecule has 0 bridgehead atoms. The number of benzene rings is 2. The lowest BCUT2D eigenvalue weighted by Gasteiger charge is -2.17. The second-order valence-electron chi connectivity index (χ2n) is 6.08. The fourth-order valence-corrected chi connectivity index (χ4v) is 2.76. The van der Waals surface area contributed by atoms with E-state index in [1.54, 1.807) is 48.5 Å². The van der Waals surface area contributed by atoms with Crippen molar-refractivity contribution in [1.82, 2.24) is 9.97 Å². The molecule has 1 aromatic heterocycles. The van der Waals surface area contributed by atoms with E-state index in [2.05, 4.69) is 16.0 Å². The fourth-order valence-electron chi connectivity index (χ4n) is 2.76.